The Balaban J connectivity index is 1.42. The zero-order valence-electron chi connectivity index (χ0n) is 24.3. The Bertz CT molecular complexity index is 1480. The first kappa shape index (κ1) is 33.4. The Morgan fingerprint density at radius 2 is 1.82 bits per heavy atom. The van der Waals surface area contributed by atoms with E-state index >= 15 is 0 Å². The second-order valence-electron chi connectivity index (χ2n) is 9.63. The molecule has 0 fully saturated rings. The normalized spacial score (nSPS) is 11.5. The summed E-state index contributed by atoms with van der Waals surface area (Å²) in [5, 5.41) is 15.6. The molecule has 0 unspecified atom stereocenters. The number of aliphatic carboxylic acids is 1. The molecule has 234 valence electrons. The molecule has 6 N–H and O–H groups in total. The third-order valence-electron chi connectivity index (χ3n) is 6.37. The smallest absolute Gasteiger partial charge is 0.306 e. The van der Waals surface area contributed by atoms with Crippen molar-refractivity contribution < 1.29 is 29.0 Å². The number of benzene rings is 1. The molecule has 0 bridgehead atoms. The number of anilines is 3. The number of carboxylic acid groups (broad SMARTS) is 1. The van der Waals surface area contributed by atoms with E-state index in [2.05, 4.69) is 35.3 Å². The van der Waals surface area contributed by atoms with Crippen molar-refractivity contribution in [3.8, 4) is 0 Å². The molecular weight excluding hydrogens is 574 g/mol. The number of amides is 1. The molecule has 0 aliphatic carbocycles. The number of carbonyl (C=O) groups is 3. The summed E-state index contributed by atoms with van der Waals surface area (Å²) in [6.07, 6.45) is 1.31. The molecule has 17 nitrogen and oxygen atoms in total. The number of aromatic nitrogens is 4. The number of hydrogen-bond donors (Lipinski definition) is 4. The van der Waals surface area contributed by atoms with Gasteiger partial charge < -0.3 is 36.3 Å². The zero-order valence-corrected chi connectivity index (χ0v) is 24.3. The first-order chi connectivity index (χ1) is 21.2. The number of nitrogens with zero attached hydrogens (tertiary/aromatic N) is 8. The van der Waals surface area contributed by atoms with Gasteiger partial charge in [-0.3, -0.25) is 14.4 Å². The van der Waals surface area contributed by atoms with Crippen molar-refractivity contribution >= 4 is 46.3 Å². The minimum Gasteiger partial charge on any atom is -0.481 e. The van der Waals surface area contributed by atoms with Gasteiger partial charge in [0.25, 0.3) is 0 Å². The van der Waals surface area contributed by atoms with Crippen LogP contribution < -0.4 is 21.7 Å². The highest BCUT2D eigenvalue weighted by Gasteiger charge is 2.23. The summed E-state index contributed by atoms with van der Waals surface area (Å²) in [5.74, 6) is -2.67. The van der Waals surface area contributed by atoms with E-state index in [0.29, 0.717) is 48.8 Å². The number of carbonyl (C=O) groups excluding carboxylic acids is 2. The molecule has 1 atom stereocenters. The van der Waals surface area contributed by atoms with Gasteiger partial charge in [0.15, 0.2) is 22.8 Å². The lowest BCUT2D eigenvalue weighted by Crippen LogP contribution is -2.29. The minimum atomic E-state index is -1.14. The predicted molar refractivity (Wildman–Crippen MR) is 160 cm³/mol. The van der Waals surface area contributed by atoms with Crippen molar-refractivity contribution in [2.24, 2.45) is 11.0 Å². The molecule has 1 aromatic carbocycles. The van der Waals surface area contributed by atoms with E-state index in [1.807, 2.05) is 11.9 Å². The first-order valence-electron chi connectivity index (χ1n) is 13.7. The van der Waals surface area contributed by atoms with Crippen molar-refractivity contribution in [3.63, 3.8) is 0 Å². The van der Waals surface area contributed by atoms with E-state index in [0.717, 1.165) is 5.69 Å². The second-order valence-corrected chi connectivity index (χ2v) is 9.63. The van der Waals surface area contributed by atoms with E-state index < -0.39 is 11.9 Å². The Hall–Kier alpha value is -5.12. The minimum absolute atomic E-state index is 0.0156. The lowest BCUT2D eigenvalue weighted by molar-refractivity contribution is -0.142. The molecular formula is C27H35N11O6. The number of carboxylic acids is 1. The first-order valence-corrected chi connectivity index (χ1v) is 13.7. The molecule has 17 heteroatoms. The summed E-state index contributed by atoms with van der Waals surface area (Å²) in [5.41, 5.74) is 22.1. The van der Waals surface area contributed by atoms with Crippen LogP contribution in [0.5, 0.6) is 0 Å². The molecule has 0 saturated heterocycles. The molecule has 0 spiro atoms. The molecule has 3 aromatic rings. The van der Waals surface area contributed by atoms with Crippen molar-refractivity contribution in [1.82, 2.24) is 25.3 Å². The molecule has 0 aliphatic rings. The lowest BCUT2D eigenvalue weighted by atomic mass is 9.94. The molecule has 0 saturated carbocycles. The van der Waals surface area contributed by atoms with Gasteiger partial charge in [-0.25, -0.2) is 9.97 Å². The van der Waals surface area contributed by atoms with Gasteiger partial charge in [0.2, 0.25) is 11.9 Å². The number of nitrogen functional groups attached to an aromatic ring is 2. The Morgan fingerprint density at radius 3 is 2.52 bits per heavy atom. The summed E-state index contributed by atoms with van der Waals surface area (Å²) in [4.78, 5) is 58.0. The lowest BCUT2D eigenvalue weighted by Gasteiger charge is -2.19. The van der Waals surface area contributed by atoms with Gasteiger partial charge in [0, 0.05) is 49.1 Å². The van der Waals surface area contributed by atoms with E-state index in [4.69, 9.17) is 26.5 Å². The highest BCUT2D eigenvalue weighted by atomic mass is 16.5. The maximum Gasteiger partial charge on any atom is 0.306 e. The molecule has 3 rings (SSSR count). The molecule has 2 heterocycles. The van der Waals surface area contributed by atoms with Crippen molar-refractivity contribution in [3.05, 3.63) is 52.2 Å². The molecule has 44 heavy (non-hydrogen) atoms. The van der Waals surface area contributed by atoms with Crippen LogP contribution in [0.3, 0.4) is 0 Å². The highest BCUT2D eigenvalue weighted by Crippen LogP contribution is 2.21. The fourth-order valence-corrected chi connectivity index (χ4v) is 4.08. The standard InChI is InChI=1S/C27H35N11O6/c1-38(16-19-15-32-25-23(34-19)24(28)35-27(29)36-25)20-5-2-17(3-6-20)21(39)14-18(26(41)42)4-7-22(40)31-8-10-43-12-13-44-11-9-33-37-30/h2-3,5-6,15,18H,4,7-14,16H2,1H3,(H,31,40)(H,41,42)(H4,28,29,32,35,36)/t18-/m1/s1. The summed E-state index contributed by atoms with van der Waals surface area (Å²) >= 11 is 0. The van der Waals surface area contributed by atoms with Crippen LogP contribution in [0.25, 0.3) is 21.6 Å². The van der Waals surface area contributed by atoms with Crippen LogP contribution >= 0.6 is 0 Å². The van der Waals surface area contributed by atoms with Crippen molar-refractivity contribution in [1.29, 1.82) is 0 Å². The van der Waals surface area contributed by atoms with Crippen molar-refractivity contribution in [2.45, 2.75) is 25.8 Å². The second kappa shape index (κ2) is 17.1. The van der Waals surface area contributed by atoms with Crippen LogP contribution in [-0.2, 0) is 25.6 Å². The van der Waals surface area contributed by atoms with Crippen LogP contribution in [-0.4, -0.2) is 89.3 Å². The van der Waals surface area contributed by atoms with E-state index in [-0.39, 0.29) is 62.4 Å². The highest BCUT2D eigenvalue weighted by molar-refractivity contribution is 5.98. The van der Waals surface area contributed by atoms with Crippen LogP contribution in [0, 0.1) is 5.92 Å². The number of azide groups is 1. The monoisotopic (exact) mass is 609 g/mol. The quantitative estimate of drug-likeness (QED) is 0.0497. The predicted octanol–water partition coefficient (Wildman–Crippen LogP) is 1.73. The van der Waals surface area contributed by atoms with Crippen LogP contribution in [0.1, 0.15) is 35.3 Å². The fourth-order valence-electron chi connectivity index (χ4n) is 4.08. The maximum absolute atomic E-state index is 12.9. The number of fused-ring (bicyclic) bond motifs is 1. The van der Waals surface area contributed by atoms with Gasteiger partial charge in [-0.2, -0.15) is 9.97 Å². The molecule has 1 amide bonds. The summed E-state index contributed by atoms with van der Waals surface area (Å²) in [7, 11) is 1.84. The average Bonchev–Trinajstić information content (AvgIpc) is 3.00. The zero-order chi connectivity index (χ0) is 31.9. The number of hydrogen-bond acceptors (Lipinski definition) is 13. The number of rotatable bonds is 19. The van der Waals surface area contributed by atoms with E-state index in [1.54, 1.807) is 30.5 Å². The van der Waals surface area contributed by atoms with Gasteiger partial charge in [-0.1, -0.05) is 5.11 Å². The summed E-state index contributed by atoms with van der Waals surface area (Å²) in [6.45, 7) is 2.07. The topological polar surface area (TPSA) is 258 Å². The van der Waals surface area contributed by atoms with E-state index in [1.165, 1.54) is 0 Å². The van der Waals surface area contributed by atoms with Gasteiger partial charge in [0.05, 0.1) is 50.8 Å². The maximum atomic E-state index is 12.9. The van der Waals surface area contributed by atoms with Gasteiger partial charge in [0.1, 0.15) is 0 Å². The van der Waals surface area contributed by atoms with Crippen LogP contribution in [0.15, 0.2) is 35.6 Å². The summed E-state index contributed by atoms with van der Waals surface area (Å²) in [6, 6.07) is 6.76. The fraction of sp³-hybridized carbons (Fsp3) is 0.444. The van der Waals surface area contributed by atoms with Crippen LogP contribution in [0.4, 0.5) is 17.5 Å². The number of Topliss-reactive ketones (excluding diaryl/α,β-unsaturated/α-hetero) is 1. The number of nitrogens with one attached hydrogen (secondary N) is 1. The summed E-state index contributed by atoms with van der Waals surface area (Å²) < 4.78 is 10.5. The van der Waals surface area contributed by atoms with Gasteiger partial charge in [-0.15, -0.1) is 0 Å². The third kappa shape index (κ3) is 10.6. The molecule has 0 radical (unpaired) electrons. The SMILES string of the molecule is CN(Cc1cnc2nc(N)nc(N)c2n1)c1ccc(C(=O)C[C@@H](CCC(=O)NCCOCCOCCN=[N+]=[N-])C(=O)O)cc1. The Kier molecular flexibility index (Phi) is 13.0. The van der Waals surface area contributed by atoms with E-state index in [9.17, 15) is 19.5 Å². The molecule has 0 aliphatic heterocycles. The number of ketones is 1. The number of nitrogens with two attached hydrogens (primary N) is 2. The molecule has 2 aromatic heterocycles. The third-order valence-corrected chi connectivity index (χ3v) is 6.37. The average molecular weight is 610 g/mol. The van der Waals surface area contributed by atoms with Crippen molar-refractivity contribution in [2.75, 3.05) is 62.9 Å². The number of ether oxygens (including phenoxy) is 2. The van der Waals surface area contributed by atoms with Crippen LogP contribution in [0.2, 0.25) is 0 Å². The van der Waals surface area contributed by atoms with Gasteiger partial charge >= 0.3 is 5.97 Å². The Morgan fingerprint density at radius 1 is 1.09 bits per heavy atom. The van der Waals surface area contributed by atoms with Gasteiger partial charge in [-0.05, 0) is 36.2 Å². The largest absolute Gasteiger partial charge is 0.481 e. The Labute approximate surface area is 252 Å².